The van der Waals surface area contributed by atoms with E-state index in [1.165, 1.54) is 11.1 Å². The Morgan fingerprint density at radius 1 is 1.29 bits per heavy atom. The molecule has 0 aromatic rings. The molecule has 0 fully saturated rings. The summed E-state index contributed by atoms with van der Waals surface area (Å²) >= 11 is 0. The fraction of sp³-hybridized carbons (Fsp3) is 0.500. The van der Waals surface area contributed by atoms with Crippen LogP contribution in [-0.2, 0) is 4.74 Å². The number of alkyl carbamates (subject to hydrolysis) is 1. The Kier molecular flexibility index (Phi) is 8.84. The number of hydrogen-bond acceptors (Lipinski definition) is 2. The first-order valence-corrected chi connectivity index (χ1v) is 5.86. The molecule has 0 aromatic heterocycles. The SMILES string of the molecule is C=CCOC(=O)NCC=C(C)CCC=C(C)C. The highest BCUT2D eigenvalue weighted by atomic mass is 16.5. The molecule has 0 rings (SSSR count). The van der Waals surface area contributed by atoms with Crippen molar-refractivity contribution in [1.29, 1.82) is 0 Å². The maximum absolute atomic E-state index is 11.1. The normalized spacial score (nSPS) is 10.6. The summed E-state index contributed by atoms with van der Waals surface area (Å²) in [5, 5.41) is 2.65. The van der Waals surface area contributed by atoms with Gasteiger partial charge in [0.1, 0.15) is 6.61 Å². The standard InChI is InChI=1S/C14H23NO2/c1-5-11-17-14(16)15-10-9-13(4)8-6-7-12(2)3/h5,7,9H,1,6,8,10-11H2,2-4H3,(H,15,16). The minimum Gasteiger partial charge on any atom is -0.445 e. The molecule has 1 N–H and O–H groups in total. The molecule has 0 saturated carbocycles. The van der Waals surface area contributed by atoms with Crippen LogP contribution in [0.4, 0.5) is 4.79 Å². The van der Waals surface area contributed by atoms with Gasteiger partial charge in [-0.3, -0.25) is 0 Å². The fourth-order valence-corrected chi connectivity index (χ4v) is 1.18. The van der Waals surface area contributed by atoms with Gasteiger partial charge < -0.3 is 10.1 Å². The van der Waals surface area contributed by atoms with Gasteiger partial charge in [0, 0.05) is 6.54 Å². The molecule has 0 heterocycles. The number of carbonyl (C=O) groups excluding carboxylic acids is 1. The van der Waals surface area contributed by atoms with Crippen molar-refractivity contribution in [3.8, 4) is 0 Å². The van der Waals surface area contributed by atoms with Crippen molar-refractivity contribution < 1.29 is 9.53 Å². The number of carbonyl (C=O) groups is 1. The summed E-state index contributed by atoms with van der Waals surface area (Å²) in [6, 6.07) is 0. The van der Waals surface area contributed by atoms with Crippen molar-refractivity contribution in [2.75, 3.05) is 13.2 Å². The zero-order valence-electron chi connectivity index (χ0n) is 11.1. The van der Waals surface area contributed by atoms with E-state index in [9.17, 15) is 4.79 Å². The van der Waals surface area contributed by atoms with Gasteiger partial charge in [-0.1, -0.05) is 36.0 Å². The van der Waals surface area contributed by atoms with Crippen LogP contribution in [0.15, 0.2) is 36.0 Å². The van der Waals surface area contributed by atoms with Gasteiger partial charge in [-0.2, -0.15) is 0 Å². The van der Waals surface area contributed by atoms with Crippen molar-refractivity contribution in [2.24, 2.45) is 0 Å². The number of nitrogens with one attached hydrogen (secondary N) is 1. The van der Waals surface area contributed by atoms with E-state index in [4.69, 9.17) is 4.74 Å². The molecule has 17 heavy (non-hydrogen) atoms. The van der Waals surface area contributed by atoms with E-state index < -0.39 is 6.09 Å². The van der Waals surface area contributed by atoms with E-state index in [0.29, 0.717) is 6.54 Å². The summed E-state index contributed by atoms with van der Waals surface area (Å²) in [6.45, 7) is 10.5. The van der Waals surface area contributed by atoms with Crippen LogP contribution in [0.2, 0.25) is 0 Å². The maximum Gasteiger partial charge on any atom is 0.407 e. The quantitative estimate of drug-likeness (QED) is 0.687. The largest absolute Gasteiger partial charge is 0.445 e. The maximum atomic E-state index is 11.1. The van der Waals surface area contributed by atoms with E-state index in [-0.39, 0.29) is 6.61 Å². The highest BCUT2D eigenvalue weighted by Crippen LogP contribution is 2.05. The molecule has 0 aliphatic carbocycles. The number of hydrogen-bond donors (Lipinski definition) is 1. The minimum absolute atomic E-state index is 0.245. The van der Waals surface area contributed by atoms with Gasteiger partial charge in [-0.15, -0.1) is 0 Å². The van der Waals surface area contributed by atoms with Crippen LogP contribution in [0.25, 0.3) is 0 Å². The molecule has 0 aliphatic heterocycles. The first-order valence-electron chi connectivity index (χ1n) is 5.86. The predicted molar refractivity (Wildman–Crippen MR) is 72.0 cm³/mol. The molecule has 0 aliphatic rings. The third-order valence-corrected chi connectivity index (χ3v) is 2.12. The molecular weight excluding hydrogens is 214 g/mol. The van der Waals surface area contributed by atoms with Gasteiger partial charge in [0.15, 0.2) is 0 Å². The van der Waals surface area contributed by atoms with Gasteiger partial charge in [0.05, 0.1) is 0 Å². The van der Waals surface area contributed by atoms with Crippen molar-refractivity contribution in [3.05, 3.63) is 36.0 Å². The lowest BCUT2D eigenvalue weighted by atomic mass is 10.1. The summed E-state index contributed by atoms with van der Waals surface area (Å²) in [6.07, 6.45) is 7.43. The molecule has 0 unspecified atom stereocenters. The van der Waals surface area contributed by atoms with Crippen LogP contribution < -0.4 is 5.32 Å². The van der Waals surface area contributed by atoms with E-state index in [1.807, 2.05) is 6.08 Å². The average Bonchev–Trinajstić information content (AvgIpc) is 2.25. The highest BCUT2D eigenvalue weighted by Gasteiger charge is 1.97. The van der Waals surface area contributed by atoms with Crippen LogP contribution in [0, 0.1) is 0 Å². The molecule has 1 amide bonds. The second-order valence-electron chi connectivity index (χ2n) is 4.14. The van der Waals surface area contributed by atoms with Crippen LogP contribution in [0.1, 0.15) is 33.6 Å². The molecule has 0 bridgehead atoms. The van der Waals surface area contributed by atoms with Gasteiger partial charge in [0.25, 0.3) is 0 Å². The van der Waals surface area contributed by atoms with Crippen LogP contribution >= 0.6 is 0 Å². The highest BCUT2D eigenvalue weighted by molar-refractivity contribution is 5.67. The lowest BCUT2D eigenvalue weighted by Gasteiger charge is -2.03. The van der Waals surface area contributed by atoms with E-state index in [2.05, 4.69) is 38.7 Å². The molecule has 96 valence electrons. The summed E-state index contributed by atoms with van der Waals surface area (Å²) in [5.74, 6) is 0. The zero-order chi connectivity index (χ0) is 13.1. The molecule has 0 atom stereocenters. The molecule has 0 aromatic carbocycles. The summed E-state index contributed by atoms with van der Waals surface area (Å²) < 4.78 is 4.78. The Bertz CT molecular complexity index is 299. The number of amides is 1. The Labute approximate surface area is 104 Å². The van der Waals surface area contributed by atoms with Crippen molar-refractivity contribution in [2.45, 2.75) is 33.6 Å². The second kappa shape index (κ2) is 9.70. The van der Waals surface area contributed by atoms with Gasteiger partial charge in [-0.25, -0.2) is 4.79 Å². The first kappa shape index (κ1) is 15.5. The lowest BCUT2D eigenvalue weighted by Crippen LogP contribution is -2.24. The van der Waals surface area contributed by atoms with Crippen molar-refractivity contribution in [1.82, 2.24) is 5.32 Å². The molecular formula is C14H23NO2. The van der Waals surface area contributed by atoms with Crippen LogP contribution in [0.5, 0.6) is 0 Å². The van der Waals surface area contributed by atoms with E-state index in [1.54, 1.807) is 6.08 Å². The average molecular weight is 237 g/mol. The Morgan fingerprint density at radius 2 is 2.00 bits per heavy atom. The molecule has 3 heteroatoms. The number of rotatable bonds is 7. The first-order chi connectivity index (χ1) is 8.06. The van der Waals surface area contributed by atoms with E-state index >= 15 is 0 Å². The predicted octanol–water partition coefficient (Wildman–Crippen LogP) is 3.59. The monoisotopic (exact) mass is 237 g/mol. The fourth-order valence-electron chi connectivity index (χ4n) is 1.18. The smallest absolute Gasteiger partial charge is 0.407 e. The van der Waals surface area contributed by atoms with Gasteiger partial charge >= 0.3 is 6.09 Å². The van der Waals surface area contributed by atoms with Crippen LogP contribution in [0.3, 0.4) is 0 Å². The number of allylic oxidation sites excluding steroid dienone is 3. The Morgan fingerprint density at radius 3 is 2.59 bits per heavy atom. The molecule has 0 radical (unpaired) electrons. The number of ether oxygens (including phenoxy) is 1. The van der Waals surface area contributed by atoms with Crippen LogP contribution in [-0.4, -0.2) is 19.2 Å². The topological polar surface area (TPSA) is 38.3 Å². The summed E-state index contributed by atoms with van der Waals surface area (Å²) in [5.41, 5.74) is 2.61. The van der Waals surface area contributed by atoms with Crippen molar-refractivity contribution >= 4 is 6.09 Å². The van der Waals surface area contributed by atoms with Crippen molar-refractivity contribution in [3.63, 3.8) is 0 Å². The molecule has 0 saturated heterocycles. The van der Waals surface area contributed by atoms with E-state index in [0.717, 1.165) is 12.8 Å². The summed E-state index contributed by atoms with van der Waals surface area (Å²) in [7, 11) is 0. The Hall–Kier alpha value is -1.51. The minimum atomic E-state index is -0.404. The molecule has 0 spiro atoms. The third kappa shape index (κ3) is 10.8. The third-order valence-electron chi connectivity index (χ3n) is 2.12. The Balaban J connectivity index is 3.72. The van der Waals surface area contributed by atoms with Gasteiger partial charge in [0.2, 0.25) is 0 Å². The summed E-state index contributed by atoms with van der Waals surface area (Å²) in [4.78, 5) is 11.1. The second-order valence-corrected chi connectivity index (χ2v) is 4.14. The molecule has 3 nitrogen and oxygen atoms in total. The zero-order valence-corrected chi connectivity index (χ0v) is 11.1. The lowest BCUT2D eigenvalue weighted by molar-refractivity contribution is 0.159. The van der Waals surface area contributed by atoms with Gasteiger partial charge in [-0.05, 0) is 33.6 Å².